The number of amides is 1. The maximum Gasteiger partial charge on any atom is 0.269 e. The number of nitro benzene ring substituents is 1. The van der Waals surface area contributed by atoms with Crippen molar-refractivity contribution in [3.05, 3.63) is 69.5 Å². The minimum absolute atomic E-state index is 0.00770. The molecule has 0 atom stereocenters. The number of thioether (sulfide) groups is 1. The molecule has 3 rings (SSSR count). The van der Waals surface area contributed by atoms with Gasteiger partial charge in [0.1, 0.15) is 5.82 Å². The lowest BCUT2D eigenvalue weighted by molar-refractivity contribution is -0.384. The van der Waals surface area contributed by atoms with Crippen molar-refractivity contribution >= 4 is 29.0 Å². The molecule has 0 bridgehead atoms. The van der Waals surface area contributed by atoms with Crippen molar-refractivity contribution in [2.75, 3.05) is 11.1 Å². The topological polar surface area (TPSA) is 103 Å². The van der Waals surface area contributed by atoms with Gasteiger partial charge in [0.2, 0.25) is 5.91 Å². The van der Waals surface area contributed by atoms with Crippen LogP contribution >= 0.6 is 11.8 Å². The van der Waals surface area contributed by atoms with Gasteiger partial charge < -0.3 is 5.32 Å². The predicted molar refractivity (Wildman–Crippen MR) is 108 cm³/mol. The van der Waals surface area contributed by atoms with Crippen molar-refractivity contribution in [3.63, 3.8) is 0 Å². The van der Waals surface area contributed by atoms with Crippen LogP contribution in [0.5, 0.6) is 0 Å². The van der Waals surface area contributed by atoms with Crippen LogP contribution in [-0.2, 0) is 4.79 Å². The van der Waals surface area contributed by atoms with Crippen LogP contribution in [0.1, 0.15) is 17.0 Å². The van der Waals surface area contributed by atoms with Crippen molar-refractivity contribution < 1.29 is 9.72 Å². The zero-order chi connectivity index (χ0) is 20.3. The number of non-ortho nitro benzene ring substituents is 1. The van der Waals surface area contributed by atoms with Crippen molar-refractivity contribution in [2.24, 2.45) is 0 Å². The number of rotatable bonds is 6. The lowest BCUT2D eigenvalue weighted by Gasteiger charge is -2.11. The minimum Gasteiger partial charge on any atom is -0.325 e. The van der Waals surface area contributed by atoms with Gasteiger partial charge in [-0.1, -0.05) is 30.0 Å². The molecule has 9 heteroatoms. The van der Waals surface area contributed by atoms with E-state index in [-0.39, 0.29) is 17.3 Å². The molecular weight excluding hydrogens is 378 g/mol. The van der Waals surface area contributed by atoms with E-state index < -0.39 is 4.92 Å². The zero-order valence-electron chi connectivity index (χ0n) is 15.7. The van der Waals surface area contributed by atoms with E-state index in [1.807, 2.05) is 42.7 Å². The normalized spacial score (nSPS) is 10.7. The summed E-state index contributed by atoms with van der Waals surface area (Å²) < 4.78 is 1.92. The molecule has 144 valence electrons. The van der Waals surface area contributed by atoms with E-state index in [4.69, 9.17) is 0 Å². The summed E-state index contributed by atoms with van der Waals surface area (Å²) in [5.41, 5.74) is 3.23. The number of nitro groups is 1. The van der Waals surface area contributed by atoms with Crippen LogP contribution < -0.4 is 5.32 Å². The first-order valence-electron chi connectivity index (χ1n) is 8.52. The van der Waals surface area contributed by atoms with Crippen LogP contribution in [0.3, 0.4) is 0 Å². The molecule has 0 unspecified atom stereocenters. The summed E-state index contributed by atoms with van der Waals surface area (Å²) in [6.07, 6.45) is 0. The maximum atomic E-state index is 12.4. The summed E-state index contributed by atoms with van der Waals surface area (Å²) >= 11 is 1.28. The number of para-hydroxylation sites is 1. The Balaban J connectivity index is 1.71. The molecule has 1 N–H and O–H groups in total. The molecule has 0 aliphatic carbocycles. The second kappa shape index (κ2) is 8.22. The molecule has 2 aromatic carbocycles. The van der Waals surface area contributed by atoms with Crippen LogP contribution in [0.15, 0.2) is 47.6 Å². The number of carbonyl (C=O) groups is 1. The summed E-state index contributed by atoms with van der Waals surface area (Å²) in [5.74, 6) is 0.655. The standard InChI is InChI=1S/C19H19N5O3S/c1-12-6-4-5-7-17(12)23-14(3)21-22-19(23)28-11-18(25)20-16-9-8-15(24(26)27)10-13(16)2/h4-10H,11H2,1-3H3,(H,20,25). The lowest BCUT2D eigenvalue weighted by atomic mass is 10.2. The number of benzene rings is 2. The third-order valence-electron chi connectivity index (χ3n) is 4.18. The van der Waals surface area contributed by atoms with E-state index >= 15 is 0 Å². The molecule has 0 aliphatic rings. The quantitative estimate of drug-likeness (QED) is 0.385. The van der Waals surface area contributed by atoms with Gasteiger partial charge in [0.15, 0.2) is 5.16 Å². The third kappa shape index (κ3) is 4.20. The van der Waals surface area contributed by atoms with E-state index in [1.54, 1.807) is 6.92 Å². The van der Waals surface area contributed by atoms with Crippen molar-refractivity contribution in [2.45, 2.75) is 25.9 Å². The number of nitrogens with one attached hydrogen (secondary N) is 1. The van der Waals surface area contributed by atoms with Crippen LogP contribution in [0.4, 0.5) is 11.4 Å². The Labute approximate surface area is 166 Å². The fraction of sp³-hybridized carbons (Fsp3) is 0.211. The second-order valence-electron chi connectivity index (χ2n) is 6.24. The Kier molecular flexibility index (Phi) is 5.74. The van der Waals surface area contributed by atoms with E-state index in [0.29, 0.717) is 16.4 Å². The van der Waals surface area contributed by atoms with E-state index in [1.165, 1.54) is 30.0 Å². The Morgan fingerprint density at radius 3 is 2.57 bits per heavy atom. The van der Waals surface area contributed by atoms with Crippen LogP contribution in [-0.4, -0.2) is 31.3 Å². The molecule has 28 heavy (non-hydrogen) atoms. The number of nitrogens with zero attached hydrogens (tertiary/aromatic N) is 4. The summed E-state index contributed by atoms with van der Waals surface area (Å²) in [5, 5.41) is 22.5. The first-order valence-corrected chi connectivity index (χ1v) is 9.51. The van der Waals surface area contributed by atoms with Crippen LogP contribution in [0, 0.1) is 30.9 Å². The fourth-order valence-electron chi connectivity index (χ4n) is 2.75. The number of hydrogen-bond acceptors (Lipinski definition) is 6. The molecule has 0 radical (unpaired) electrons. The number of anilines is 1. The van der Waals surface area contributed by atoms with Gasteiger partial charge in [-0.05, 0) is 44.0 Å². The lowest BCUT2D eigenvalue weighted by Crippen LogP contribution is -2.15. The zero-order valence-corrected chi connectivity index (χ0v) is 16.5. The molecule has 0 fully saturated rings. The highest BCUT2D eigenvalue weighted by molar-refractivity contribution is 7.99. The molecule has 1 aromatic heterocycles. The van der Waals surface area contributed by atoms with E-state index in [9.17, 15) is 14.9 Å². The molecule has 0 aliphatic heterocycles. The minimum atomic E-state index is -0.463. The highest BCUT2D eigenvalue weighted by Gasteiger charge is 2.15. The van der Waals surface area contributed by atoms with Crippen molar-refractivity contribution in [1.29, 1.82) is 0 Å². The van der Waals surface area contributed by atoms with Gasteiger partial charge >= 0.3 is 0 Å². The van der Waals surface area contributed by atoms with Crippen LogP contribution in [0.25, 0.3) is 5.69 Å². The van der Waals surface area contributed by atoms with E-state index in [0.717, 1.165) is 17.1 Å². The average molecular weight is 397 g/mol. The van der Waals surface area contributed by atoms with Gasteiger partial charge in [-0.3, -0.25) is 19.5 Å². The van der Waals surface area contributed by atoms with Crippen molar-refractivity contribution in [1.82, 2.24) is 14.8 Å². The largest absolute Gasteiger partial charge is 0.325 e. The molecular formula is C19H19N5O3S. The van der Waals surface area contributed by atoms with Gasteiger partial charge in [-0.15, -0.1) is 10.2 Å². The van der Waals surface area contributed by atoms with Gasteiger partial charge in [-0.2, -0.15) is 0 Å². The molecule has 1 amide bonds. The maximum absolute atomic E-state index is 12.4. The summed E-state index contributed by atoms with van der Waals surface area (Å²) in [4.78, 5) is 22.7. The molecule has 0 saturated heterocycles. The molecule has 1 heterocycles. The summed E-state index contributed by atoms with van der Waals surface area (Å²) in [6, 6.07) is 12.2. The highest BCUT2D eigenvalue weighted by Crippen LogP contribution is 2.25. The first kappa shape index (κ1) is 19.6. The first-order chi connectivity index (χ1) is 13.4. The van der Waals surface area contributed by atoms with Gasteiger partial charge in [-0.25, -0.2) is 0 Å². The smallest absolute Gasteiger partial charge is 0.269 e. The number of carbonyl (C=O) groups excluding carboxylic acids is 1. The van der Waals surface area contributed by atoms with Gasteiger partial charge in [0, 0.05) is 17.8 Å². The van der Waals surface area contributed by atoms with E-state index in [2.05, 4.69) is 15.5 Å². The highest BCUT2D eigenvalue weighted by atomic mass is 32.2. The molecule has 3 aromatic rings. The summed E-state index contributed by atoms with van der Waals surface area (Å²) in [6.45, 7) is 5.59. The Morgan fingerprint density at radius 1 is 1.14 bits per heavy atom. The Bertz CT molecular complexity index is 1050. The predicted octanol–water partition coefficient (Wildman–Crippen LogP) is 3.83. The fourth-order valence-corrected chi connectivity index (χ4v) is 3.54. The van der Waals surface area contributed by atoms with Gasteiger partial charge in [0.25, 0.3) is 5.69 Å². The summed E-state index contributed by atoms with van der Waals surface area (Å²) in [7, 11) is 0. The third-order valence-corrected chi connectivity index (χ3v) is 5.11. The number of aromatic nitrogens is 3. The SMILES string of the molecule is Cc1cc([N+](=O)[O-])ccc1NC(=O)CSc1nnc(C)n1-c1ccccc1C. The Morgan fingerprint density at radius 2 is 1.89 bits per heavy atom. The molecule has 0 saturated carbocycles. The average Bonchev–Trinajstić information content (AvgIpc) is 3.02. The van der Waals surface area contributed by atoms with Crippen molar-refractivity contribution in [3.8, 4) is 5.69 Å². The number of aryl methyl sites for hydroxylation is 3. The monoisotopic (exact) mass is 397 g/mol. The Hall–Kier alpha value is -3.20. The molecule has 0 spiro atoms. The van der Waals surface area contributed by atoms with Crippen LogP contribution in [0.2, 0.25) is 0 Å². The second-order valence-corrected chi connectivity index (χ2v) is 7.19. The molecule has 8 nitrogen and oxygen atoms in total. The number of hydrogen-bond donors (Lipinski definition) is 1. The van der Waals surface area contributed by atoms with Gasteiger partial charge in [0.05, 0.1) is 16.4 Å².